The maximum absolute atomic E-state index is 9.94. The molecule has 4 heteroatoms. The zero-order valence-electron chi connectivity index (χ0n) is 10.0. The molecule has 4 nitrogen and oxygen atoms in total. The van der Waals surface area contributed by atoms with E-state index < -0.39 is 29.8 Å². The van der Waals surface area contributed by atoms with Crippen LogP contribution in [-0.2, 0) is 0 Å². The van der Waals surface area contributed by atoms with Crippen LogP contribution in [0.15, 0.2) is 0 Å². The van der Waals surface area contributed by atoms with Crippen LogP contribution < -0.4 is 0 Å². The quantitative estimate of drug-likeness (QED) is 0.518. The first-order valence-electron chi connectivity index (χ1n) is 5.52. The van der Waals surface area contributed by atoms with Gasteiger partial charge in [-0.2, -0.15) is 0 Å². The van der Waals surface area contributed by atoms with Gasteiger partial charge in [0.15, 0.2) is 0 Å². The van der Waals surface area contributed by atoms with Gasteiger partial charge in [-0.15, -0.1) is 0 Å². The van der Waals surface area contributed by atoms with Crippen molar-refractivity contribution in [1.29, 1.82) is 0 Å². The molecule has 0 aromatic rings. The zero-order chi connectivity index (χ0) is 12.2. The number of rotatable bonds is 6. The molecule has 4 N–H and O–H groups in total. The van der Waals surface area contributed by atoms with Crippen LogP contribution in [0.1, 0.15) is 40.5 Å². The van der Waals surface area contributed by atoms with Crippen LogP contribution in [0.4, 0.5) is 0 Å². The van der Waals surface area contributed by atoms with Crippen molar-refractivity contribution in [2.75, 3.05) is 0 Å². The van der Waals surface area contributed by atoms with Crippen molar-refractivity contribution < 1.29 is 20.4 Å². The van der Waals surface area contributed by atoms with Gasteiger partial charge >= 0.3 is 0 Å². The van der Waals surface area contributed by atoms with Crippen molar-refractivity contribution in [3.8, 4) is 0 Å². The molecule has 92 valence electrons. The van der Waals surface area contributed by atoms with E-state index in [0.717, 1.165) is 6.42 Å². The number of hydrogen-bond acceptors (Lipinski definition) is 4. The van der Waals surface area contributed by atoms with Gasteiger partial charge in [0.05, 0.1) is 29.8 Å². The topological polar surface area (TPSA) is 80.9 Å². The normalized spacial score (nSPS) is 24.0. The Balaban J connectivity index is 5.11. The molecule has 0 bridgehead atoms. The van der Waals surface area contributed by atoms with Crippen LogP contribution in [0.25, 0.3) is 0 Å². The Morgan fingerprint density at radius 3 is 1.53 bits per heavy atom. The monoisotopic (exact) mass is 220 g/mol. The minimum atomic E-state index is -1.13. The molecule has 0 amide bonds. The molecular formula is C11H24O4. The minimum absolute atomic E-state index is 0.467. The van der Waals surface area contributed by atoms with Crippen LogP contribution in [0.2, 0.25) is 0 Å². The molecule has 0 aliphatic rings. The van der Waals surface area contributed by atoms with E-state index in [1.165, 1.54) is 20.8 Å². The van der Waals surface area contributed by atoms with Gasteiger partial charge in [-0.05, 0) is 27.2 Å². The lowest BCUT2D eigenvalue weighted by Crippen LogP contribution is -2.55. The van der Waals surface area contributed by atoms with E-state index >= 15 is 0 Å². The summed E-state index contributed by atoms with van der Waals surface area (Å²) in [7, 11) is 0. The van der Waals surface area contributed by atoms with Gasteiger partial charge in [0, 0.05) is 0 Å². The fourth-order valence-corrected chi connectivity index (χ4v) is 2.29. The van der Waals surface area contributed by atoms with Crippen molar-refractivity contribution in [2.24, 2.45) is 5.41 Å². The van der Waals surface area contributed by atoms with Gasteiger partial charge in [-0.1, -0.05) is 13.3 Å². The van der Waals surface area contributed by atoms with Gasteiger partial charge < -0.3 is 20.4 Å². The maximum atomic E-state index is 9.94. The first kappa shape index (κ1) is 14.8. The SMILES string of the molecule is CCCC(C(C)O)(C(C)O)C(O)C(C)O. The highest BCUT2D eigenvalue weighted by molar-refractivity contribution is 4.96. The summed E-state index contributed by atoms with van der Waals surface area (Å²) in [5, 5.41) is 38.9. The van der Waals surface area contributed by atoms with Crippen LogP contribution in [0.5, 0.6) is 0 Å². The standard InChI is InChI=1S/C11H24O4/c1-5-6-11(8(3)13,9(4)14)10(15)7(2)12/h7-10,12-15H,5-6H2,1-4H3. The predicted octanol–water partition coefficient (Wildman–Crippen LogP) is 0.276. The molecule has 0 saturated heterocycles. The van der Waals surface area contributed by atoms with Crippen LogP contribution >= 0.6 is 0 Å². The molecule has 0 rings (SSSR count). The number of aliphatic hydroxyl groups excluding tert-OH is 4. The Morgan fingerprint density at radius 2 is 1.33 bits per heavy atom. The van der Waals surface area contributed by atoms with E-state index in [1.807, 2.05) is 6.92 Å². The Bertz CT molecular complexity index is 169. The highest BCUT2D eigenvalue weighted by atomic mass is 16.3. The second kappa shape index (κ2) is 5.80. The van der Waals surface area contributed by atoms with E-state index in [1.54, 1.807) is 0 Å². The number of hydrogen-bond donors (Lipinski definition) is 4. The summed E-state index contributed by atoms with van der Waals surface area (Å²) >= 11 is 0. The summed E-state index contributed by atoms with van der Waals surface area (Å²) in [6, 6.07) is 0. The third-order valence-corrected chi connectivity index (χ3v) is 3.25. The summed E-state index contributed by atoms with van der Waals surface area (Å²) in [6.45, 7) is 6.44. The Labute approximate surface area is 91.6 Å². The molecule has 0 heterocycles. The summed E-state index contributed by atoms with van der Waals surface area (Å²) in [4.78, 5) is 0. The van der Waals surface area contributed by atoms with E-state index in [2.05, 4.69) is 0 Å². The van der Waals surface area contributed by atoms with Crippen LogP contribution in [0.3, 0.4) is 0 Å². The average molecular weight is 220 g/mol. The maximum Gasteiger partial charge on any atom is 0.0901 e. The predicted molar refractivity (Wildman–Crippen MR) is 58.4 cm³/mol. The Kier molecular flexibility index (Phi) is 5.73. The molecule has 0 fully saturated rings. The smallest absolute Gasteiger partial charge is 0.0901 e. The van der Waals surface area contributed by atoms with Gasteiger partial charge in [0.2, 0.25) is 0 Å². The number of aliphatic hydroxyl groups is 4. The second-order valence-corrected chi connectivity index (χ2v) is 4.40. The molecule has 0 aromatic heterocycles. The van der Waals surface area contributed by atoms with Crippen molar-refractivity contribution in [1.82, 2.24) is 0 Å². The van der Waals surface area contributed by atoms with Crippen LogP contribution in [-0.4, -0.2) is 44.8 Å². The highest BCUT2D eigenvalue weighted by Gasteiger charge is 2.47. The molecule has 0 aliphatic carbocycles. The van der Waals surface area contributed by atoms with Gasteiger partial charge in [0.25, 0.3) is 0 Å². The van der Waals surface area contributed by atoms with Crippen molar-refractivity contribution in [3.63, 3.8) is 0 Å². The molecule has 15 heavy (non-hydrogen) atoms. The van der Waals surface area contributed by atoms with Crippen molar-refractivity contribution in [3.05, 3.63) is 0 Å². The fraction of sp³-hybridized carbons (Fsp3) is 1.00. The molecule has 4 unspecified atom stereocenters. The highest BCUT2D eigenvalue weighted by Crippen LogP contribution is 2.37. The van der Waals surface area contributed by atoms with Crippen molar-refractivity contribution >= 4 is 0 Å². The molecule has 0 saturated carbocycles. The van der Waals surface area contributed by atoms with Crippen molar-refractivity contribution in [2.45, 2.75) is 65.0 Å². The third kappa shape index (κ3) is 2.91. The molecule has 0 spiro atoms. The van der Waals surface area contributed by atoms with Crippen LogP contribution in [0, 0.1) is 5.41 Å². The minimum Gasteiger partial charge on any atom is -0.393 e. The van der Waals surface area contributed by atoms with E-state index in [4.69, 9.17) is 0 Å². The lowest BCUT2D eigenvalue weighted by Gasteiger charge is -2.44. The summed E-state index contributed by atoms with van der Waals surface area (Å²) in [6.07, 6.45) is -2.66. The molecular weight excluding hydrogens is 196 g/mol. The van der Waals surface area contributed by atoms with E-state index in [0.29, 0.717) is 6.42 Å². The largest absolute Gasteiger partial charge is 0.393 e. The van der Waals surface area contributed by atoms with Gasteiger partial charge in [-0.25, -0.2) is 0 Å². The first-order chi connectivity index (χ1) is 6.80. The fourth-order valence-electron chi connectivity index (χ4n) is 2.29. The lowest BCUT2D eigenvalue weighted by molar-refractivity contribution is -0.162. The van der Waals surface area contributed by atoms with E-state index in [9.17, 15) is 20.4 Å². The Morgan fingerprint density at radius 1 is 0.933 bits per heavy atom. The second-order valence-electron chi connectivity index (χ2n) is 4.40. The molecule has 0 radical (unpaired) electrons. The summed E-state index contributed by atoms with van der Waals surface area (Å²) in [5.74, 6) is 0. The molecule has 0 aliphatic heterocycles. The lowest BCUT2D eigenvalue weighted by atomic mass is 9.68. The Hall–Kier alpha value is -0.160. The summed E-state index contributed by atoms with van der Waals surface area (Å²) in [5.41, 5.74) is -1.05. The molecule has 4 atom stereocenters. The van der Waals surface area contributed by atoms with E-state index in [-0.39, 0.29) is 0 Å². The molecule has 0 aromatic carbocycles. The summed E-state index contributed by atoms with van der Waals surface area (Å²) < 4.78 is 0. The zero-order valence-corrected chi connectivity index (χ0v) is 10.0. The van der Waals surface area contributed by atoms with Gasteiger partial charge in [0.1, 0.15) is 0 Å². The third-order valence-electron chi connectivity index (χ3n) is 3.25. The average Bonchev–Trinajstić information content (AvgIpc) is 2.11. The van der Waals surface area contributed by atoms with Gasteiger partial charge in [-0.3, -0.25) is 0 Å². The first-order valence-corrected chi connectivity index (χ1v) is 5.52.